The summed E-state index contributed by atoms with van der Waals surface area (Å²) in [4.78, 5) is 12.7. The fourth-order valence-corrected chi connectivity index (χ4v) is 1.33. The molecule has 1 atom stereocenters. The van der Waals surface area contributed by atoms with Crippen molar-refractivity contribution in [1.29, 1.82) is 5.26 Å². The predicted molar refractivity (Wildman–Crippen MR) is 56.1 cm³/mol. The number of carbonyl (C=O) groups is 1. The summed E-state index contributed by atoms with van der Waals surface area (Å²) in [6.45, 7) is 0. The molecule has 0 amide bonds. The van der Waals surface area contributed by atoms with E-state index < -0.39 is 22.4 Å². The molecule has 1 rings (SSSR count). The Morgan fingerprint density at radius 3 is 2.59 bits per heavy atom. The lowest BCUT2D eigenvalue weighted by Gasteiger charge is -2.12. The van der Waals surface area contributed by atoms with Crippen LogP contribution < -0.4 is 5.73 Å². The zero-order valence-electron chi connectivity index (χ0n) is 8.12. The monoisotopic (exact) mass is 307 g/mol. The molecule has 0 aromatic carbocycles. The maximum atomic E-state index is 12.6. The van der Waals surface area contributed by atoms with Gasteiger partial charge in [0.05, 0.1) is 16.9 Å². The quantitative estimate of drug-likeness (QED) is 0.671. The molecule has 1 aromatic heterocycles. The Morgan fingerprint density at radius 2 is 2.18 bits per heavy atom. The van der Waals surface area contributed by atoms with Gasteiger partial charge in [-0.2, -0.15) is 18.4 Å². The minimum atomic E-state index is -4.78. The number of nitrogens with two attached hydrogens (primary N) is 1. The van der Waals surface area contributed by atoms with E-state index in [2.05, 4.69) is 20.9 Å². The molecular weight excluding hydrogens is 303 g/mol. The van der Waals surface area contributed by atoms with Crippen LogP contribution in [-0.2, 0) is 11.0 Å². The summed E-state index contributed by atoms with van der Waals surface area (Å²) in [6, 6.07) is 2.57. The number of aromatic nitrogens is 1. The number of hydrogen-bond donors (Lipinski definition) is 1. The number of pyridine rings is 1. The summed E-state index contributed by atoms with van der Waals surface area (Å²) >= 11 is 2.83. The van der Waals surface area contributed by atoms with E-state index in [-0.39, 0.29) is 11.3 Å². The highest BCUT2D eigenvalue weighted by atomic mass is 79.9. The summed E-state index contributed by atoms with van der Waals surface area (Å²) in [7, 11) is 0. The molecule has 0 fully saturated rings. The molecule has 1 aromatic rings. The van der Waals surface area contributed by atoms with Crippen LogP contribution in [0.3, 0.4) is 0 Å². The molecular formula is C9H5BrF3N3O. The van der Waals surface area contributed by atoms with Gasteiger partial charge in [0, 0.05) is 0 Å². The smallest absolute Gasteiger partial charge is 0.396 e. The van der Waals surface area contributed by atoms with Crippen LogP contribution in [0.25, 0.3) is 0 Å². The molecule has 2 N–H and O–H groups in total. The second-order valence-corrected chi connectivity index (χ2v) is 3.99. The number of nitrogen functional groups attached to an aromatic ring is 1. The Bertz CT molecular complexity index is 495. The second-order valence-electron chi connectivity index (χ2n) is 3.00. The first-order valence-corrected chi connectivity index (χ1v) is 5.10. The lowest BCUT2D eigenvalue weighted by Crippen LogP contribution is -2.15. The van der Waals surface area contributed by atoms with Gasteiger partial charge in [0.1, 0.15) is 17.2 Å². The third-order valence-electron chi connectivity index (χ3n) is 1.87. The standard InChI is InChI=1S/C9H5BrF3N3O/c10-5(3-17)6-1-4(2-14)7(15)8(16-6)9(11,12)13/h1,3,5H,15H2. The molecule has 8 heteroatoms. The van der Waals surface area contributed by atoms with E-state index in [9.17, 15) is 18.0 Å². The molecule has 17 heavy (non-hydrogen) atoms. The Hall–Kier alpha value is -1.62. The van der Waals surface area contributed by atoms with Crippen molar-refractivity contribution in [2.24, 2.45) is 0 Å². The van der Waals surface area contributed by atoms with Crippen molar-refractivity contribution in [1.82, 2.24) is 4.98 Å². The van der Waals surface area contributed by atoms with Gasteiger partial charge in [-0.1, -0.05) is 15.9 Å². The van der Waals surface area contributed by atoms with Crippen molar-refractivity contribution in [3.8, 4) is 6.07 Å². The highest BCUT2D eigenvalue weighted by Gasteiger charge is 2.37. The van der Waals surface area contributed by atoms with Crippen LogP contribution in [0.4, 0.5) is 18.9 Å². The molecule has 90 valence electrons. The van der Waals surface area contributed by atoms with Gasteiger partial charge in [-0.05, 0) is 6.07 Å². The number of alkyl halides is 4. The molecule has 0 aliphatic carbocycles. The van der Waals surface area contributed by atoms with E-state index in [1.54, 1.807) is 0 Å². The van der Waals surface area contributed by atoms with E-state index in [1.807, 2.05) is 0 Å². The largest absolute Gasteiger partial charge is 0.435 e. The van der Waals surface area contributed by atoms with Gasteiger partial charge in [-0.3, -0.25) is 0 Å². The van der Waals surface area contributed by atoms with Gasteiger partial charge in [0.15, 0.2) is 5.69 Å². The minimum Gasteiger partial charge on any atom is -0.396 e. The van der Waals surface area contributed by atoms with Crippen molar-refractivity contribution >= 4 is 27.9 Å². The maximum absolute atomic E-state index is 12.6. The average molecular weight is 308 g/mol. The maximum Gasteiger partial charge on any atom is 0.435 e. The predicted octanol–water partition coefficient (Wildman–Crippen LogP) is 2.19. The topological polar surface area (TPSA) is 79.8 Å². The Morgan fingerprint density at radius 1 is 1.59 bits per heavy atom. The fraction of sp³-hybridized carbons (Fsp3) is 0.222. The molecule has 0 radical (unpaired) electrons. The van der Waals surface area contributed by atoms with E-state index in [4.69, 9.17) is 11.0 Å². The minimum absolute atomic E-state index is 0.210. The molecule has 4 nitrogen and oxygen atoms in total. The first-order chi connectivity index (χ1) is 7.81. The van der Waals surface area contributed by atoms with E-state index in [1.165, 1.54) is 6.07 Å². The van der Waals surface area contributed by atoms with Crippen LogP contribution in [0.2, 0.25) is 0 Å². The van der Waals surface area contributed by atoms with Crippen molar-refractivity contribution in [2.45, 2.75) is 11.0 Å². The third-order valence-corrected chi connectivity index (χ3v) is 2.55. The van der Waals surface area contributed by atoms with Crippen molar-refractivity contribution in [2.75, 3.05) is 5.73 Å². The summed E-state index contributed by atoms with van der Waals surface area (Å²) in [5, 5.41) is 8.66. The summed E-state index contributed by atoms with van der Waals surface area (Å²) < 4.78 is 37.7. The van der Waals surface area contributed by atoms with Gasteiger partial charge >= 0.3 is 6.18 Å². The first kappa shape index (κ1) is 13.4. The number of carbonyl (C=O) groups excluding carboxylic acids is 1. The highest BCUT2D eigenvalue weighted by Crippen LogP contribution is 2.35. The van der Waals surface area contributed by atoms with Gasteiger partial charge in [0.2, 0.25) is 0 Å². The number of hydrogen-bond acceptors (Lipinski definition) is 4. The van der Waals surface area contributed by atoms with Crippen LogP contribution in [-0.4, -0.2) is 11.3 Å². The van der Waals surface area contributed by atoms with Crippen LogP contribution in [0, 0.1) is 11.3 Å². The number of nitriles is 1. The lowest BCUT2D eigenvalue weighted by atomic mass is 10.1. The van der Waals surface area contributed by atoms with Crippen molar-refractivity contribution in [3.05, 3.63) is 23.0 Å². The SMILES string of the molecule is N#Cc1cc(C(Br)C=O)nc(C(F)(F)F)c1N. The molecule has 0 saturated carbocycles. The van der Waals surface area contributed by atoms with Crippen molar-refractivity contribution in [3.63, 3.8) is 0 Å². The lowest BCUT2D eigenvalue weighted by molar-refractivity contribution is -0.140. The third kappa shape index (κ3) is 2.74. The molecule has 0 spiro atoms. The number of nitrogens with zero attached hydrogens (tertiary/aromatic N) is 2. The molecule has 0 aliphatic rings. The van der Waals surface area contributed by atoms with Gasteiger partial charge in [0.25, 0.3) is 0 Å². The highest BCUT2D eigenvalue weighted by molar-refractivity contribution is 9.09. The van der Waals surface area contributed by atoms with Crippen LogP contribution >= 0.6 is 15.9 Å². The molecule has 0 saturated heterocycles. The normalized spacial score (nSPS) is 12.9. The number of aldehydes is 1. The summed E-state index contributed by atoms with van der Waals surface area (Å²) in [5.41, 5.74) is 2.50. The summed E-state index contributed by atoms with van der Waals surface area (Å²) in [6.07, 6.45) is -4.42. The van der Waals surface area contributed by atoms with Gasteiger partial charge in [-0.25, -0.2) is 4.98 Å². The summed E-state index contributed by atoms with van der Waals surface area (Å²) in [5.74, 6) is 0. The average Bonchev–Trinajstić information content (AvgIpc) is 2.26. The molecule has 0 aliphatic heterocycles. The first-order valence-electron chi connectivity index (χ1n) is 4.18. The Labute approximate surface area is 102 Å². The Kier molecular flexibility index (Phi) is 3.72. The second kappa shape index (κ2) is 4.71. The molecule has 1 unspecified atom stereocenters. The molecule has 0 bridgehead atoms. The fourth-order valence-electron chi connectivity index (χ4n) is 1.09. The van der Waals surface area contributed by atoms with Gasteiger partial charge in [-0.15, -0.1) is 0 Å². The number of anilines is 1. The molecule has 1 heterocycles. The van der Waals surface area contributed by atoms with Crippen LogP contribution in [0.1, 0.15) is 21.8 Å². The van der Waals surface area contributed by atoms with E-state index in [0.717, 1.165) is 6.07 Å². The van der Waals surface area contributed by atoms with Crippen LogP contribution in [0.15, 0.2) is 6.07 Å². The van der Waals surface area contributed by atoms with Gasteiger partial charge < -0.3 is 10.5 Å². The van der Waals surface area contributed by atoms with E-state index >= 15 is 0 Å². The van der Waals surface area contributed by atoms with Crippen LogP contribution in [0.5, 0.6) is 0 Å². The zero-order valence-corrected chi connectivity index (χ0v) is 9.71. The number of halogens is 4. The zero-order chi connectivity index (χ0) is 13.2. The van der Waals surface area contributed by atoms with Crippen molar-refractivity contribution < 1.29 is 18.0 Å². The number of rotatable bonds is 2. The van der Waals surface area contributed by atoms with E-state index in [0.29, 0.717) is 6.29 Å². The Balaban J connectivity index is 3.51.